The second kappa shape index (κ2) is 7.26. The van der Waals surface area contributed by atoms with Gasteiger partial charge >= 0.3 is 0 Å². The van der Waals surface area contributed by atoms with Crippen LogP contribution < -0.4 is 10.9 Å². The quantitative estimate of drug-likeness (QED) is 0.581. The summed E-state index contributed by atoms with van der Waals surface area (Å²) in [5.74, 6) is 0.576. The van der Waals surface area contributed by atoms with Crippen LogP contribution in [0.4, 0.5) is 0 Å². The van der Waals surface area contributed by atoms with Gasteiger partial charge in [0.15, 0.2) is 5.65 Å². The number of amides is 1. The molecular weight excluding hydrogens is 354 g/mol. The average molecular weight is 375 g/mol. The third kappa shape index (κ3) is 3.15. The Hall–Kier alpha value is -3.48. The first-order valence-corrected chi connectivity index (χ1v) is 9.27. The van der Waals surface area contributed by atoms with E-state index in [9.17, 15) is 9.59 Å². The number of benzene rings is 1. The Morgan fingerprint density at radius 2 is 1.82 bits per heavy atom. The van der Waals surface area contributed by atoms with E-state index in [4.69, 9.17) is 0 Å². The van der Waals surface area contributed by atoms with Gasteiger partial charge in [-0.05, 0) is 32.0 Å². The molecule has 0 saturated heterocycles. The van der Waals surface area contributed by atoms with Crippen molar-refractivity contribution in [2.45, 2.75) is 26.3 Å². The van der Waals surface area contributed by atoms with Crippen molar-refractivity contribution in [1.29, 1.82) is 0 Å². The average Bonchev–Trinajstić information content (AvgIpc) is 3.11. The van der Waals surface area contributed by atoms with Gasteiger partial charge < -0.3 is 9.88 Å². The fourth-order valence-corrected chi connectivity index (χ4v) is 3.32. The van der Waals surface area contributed by atoms with Crippen molar-refractivity contribution in [2.75, 3.05) is 6.54 Å². The van der Waals surface area contributed by atoms with Crippen molar-refractivity contribution in [3.63, 3.8) is 0 Å². The lowest BCUT2D eigenvalue weighted by Crippen LogP contribution is -2.29. The number of aromatic nitrogens is 4. The molecule has 7 heteroatoms. The minimum Gasteiger partial charge on any atom is -0.352 e. The van der Waals surface area contributed by atoms with Gasteiger partial charge in [-0.1, -0.05) is 24.3 Å². The molecule has 3 heterocycles. The number of nitrogens with one attached hydrogen (secondary N) is 1. The molecule has 1 amide bonds. The third-order valence-electron chi connectivity index (χ3n) is 4.77. The standard InChI is InChI=1S/C21H21N5O2/c1-14(2)26-13-17(15-7-3-4-8-16(15)21(26)28)20(27)22-11-10-19-24-23-18-9-5-6-12-25(18)19/h3-9,12-14H,10-11H2,1-2H3,(H,22,27). The summed E-state index contributed by atoms with van der Waals surface area (Å²) < 4.78 is 3.50. The van der Waals surface area contributed by atoms with E-state index in [0.717, 1.165) is 11.5 Å². The Kier molecular flexibility index (Phi) is 4.65. The molecule has 4 rings (SSSR count). The van der Waals surface area contributed by atoms with Crippen molar-refractivity contribution < 1.29 is 4.79 Å². The normalized spacial score (nSPS) is 11.4. The maximum Gasteiger partial charge on any atom is 0.258 e. The smallest absolute Gasteiger partial charge is 0.258 e. The van der Waals surface area contributed by atoms with Gasteiger partial charge in [-0.3, -0.25) is 14.0 Å². The fraction of sp³-hybridized carbons (Fsp3) is 0.238. The second-order valence-corrected chi connectivity index (χ2v) is 6.95. The number of pyridine rings is 2. The van der Waals surface area contributed by atoms with Crippen LogP contribution in [0.25, 0.3) is 16.4 Å². The van der Waals surface area contributed by atoms with E-state index in [1.807, 2.05) is 60.8 Å². The highest BCUT2D eigenvalue weighted by Gasteiger charge is 2.16. The number of nitrogens with zero attached hydrogens (tertiary/aromatic N) is 4. The molecule has 7 nitrogen and oxygen atoms in total. The Labute approximate surface area is 161 Å². The molecule has 0 fully saturated rings. The molecule has 0 bridgehead atoms. The maximum absolute atomic E-state index is 12.9. The van der Waals surface area contributed by atoms with Crippen LogP contribution in [0.1, 0.15) is 36.1 Å². The topological polar surface area (TPSA) is 81.3 Å². The summed E-state index contributed by atoms with van der Waals surface area (Å²) in [6, 6.07) is 12.9. The molecule has 0 atom stereocenters. The van der Waals surface area contributed by atoms with Gasteiger partial charge in [-0.25, -0.2) is 0 Å². The zero-order valence-corrected chi connectivity index (χ0v) is 15.8. The van der Waals surface area contributed by atoms with E-state index in [0.29, 0.717) is 29.3 Å². The number of fused-ring (bicyclic) bond motifs is 2. The minimum absolute atomic E-state index is 0.0361. The first-order valence-electron chi connectivity index (χ1n) is 9.27. The fourth-order valence-electron chi connectivity index (χ4n) is 3.32. The van der Waals surface area contributed by atoms with Gasteiger partial charge in [0.1, 0.15) is 5.82 Å². The third-order valence-corrected chi connectivity index (χ3v) is 4.77. The van der Waals surface area contributed by atoms with Crippen LogP contribution in [0.15, 0.2) is 59.7 Å². The zero-order chi connectivity index (χ0) is 19.7. The maximum atomic E-state index is 12.9. The first kappa shape index (κ1) is 17.9. The molecule has 0 unspecified atom stereocenters. The van der Waals surface area contributed by atoms with E-state index in [-0.39, 0.29) is 17.5 Å². The Morgan fingerprint density at radius 1 is 1.07 bits per heavy atom. The summed E-state index contributed by atoms with van der Waals surface area (Å²) >= 11 is 0. The van der Waals surface area contributed by atoms with Gasteiger partial charge in [-0.2, -0.15) is 0 Å². The minimum atomic E-state index is -0.209. The molecule has 1 aromatic carbocycles. The largest absolute Gasteiger partial charge is 0.352 e. The number of carbonyl (C=O) groups excluding carboxylic acids is 1. The molecule has 142 valence electrons. The summed E-state index contributed by atoms with van der Waals surface area (Å²) in [5.41, 5.74) is 1.19. The molecule has 0 saturated carbocycles. The summed E-state index contributed by atoms with van der Waals surface area (Å²) in [6.45, 7) is 4.27. The SMILES string of the molecule is CC(C)n1cc(C(=O)NCCc2nnc3ccccn23)c2ccccc2c1=O. The summed E-state index contributed by atoms with van der Waals surface area (Å²) in [5, 5.41) is 12.5. The molecular formula is C21H21N5O2. The first-order chi connectivity index (χ1) is 13.6. The molecule has 3 aromatic heterocycles. The van der Waals surface area contributed by atoms with E-state index < -0.39 is 0 Å². The molecule has 0 aliphatic rings. The lowest BCUT2D eigenvalue weighted by Gasteiger charge is -2.15. The van der Waals surface area contributed by atoms with E-state index in [1.165, 1.54) is 0 Å². The van der Waals surface area contributed by atoms with Gasteiger partial charge in [0, 0.05) is 42.2 Å². The van der Waals surface area contributed by atoms with Crippen LogP contribution in [0.5, 0.6) is 0 Å². The molecule has 28 heavy (non-hydrogen) atoms. The number of carbonyl (C=O) groups is 1. The highest BCUT2D eigenvalue weighted by atomic mass is 16.2. The molecule has 0 aliphatic carbocycles. The van der Waals surface area contributed by atoms with Crippen molar-refractivity contribution in [3.05, 3.63) is 76.6 Å². The van der Waals surface area contributed by atoms with Crippen LogP contribution in [0.3, 0.4) is 0 Å². The monoisotopic (exact) mass is 375 g/mol. The predicted molar refractivity (Wildman–Crippen MR) is 108 cm³/mol. The summed E-state index contributed by atoms with van der Waals surface area (Å²) in [4.78, 5) is 25.5. The van der Waals surface area contributed by atoms with Crippen LogP contribution >= 0.6 is 0 Å². The number of hydrogen-bond acceptors (Lipinski definition) is 4. The van der Waals surface area contributed by atoms with E-state index in [1.54, 1.807) is 16.8 Å². The number of rotatable bonds is 5. The van der Waals surface area contributed by atoms with E-state index in [2.05, 4.69) is 15.5 Å². The Bertz CT molecular complexity index is 1220. The van der Waals surface area contributed by atoms with Crippen molar-refractivity contribution in [2.24, 2.45) is 0 Å². The number of hydrogen-bond donors (Lipinski definition) is 1. The van der Waals surface area contributed by atoms with Crippen LogP contribution in [-0.4, -0.2) is 31.6 Å². The highest BCUT2D eigenvalue weighted by Crippen LogP contribution is 2.17. The molecule has 0 spiro atoms. The second-order valence-electron chi connectivity index (χ2n) is 6.95. The van der Waals surface area contributed by atoms with Crippen LogP contribution in [0.2, 0.25) is 0 Å². The van der Waals surface area contributed by atoms with Crippen molar-refractivity contribution >= 4 is 22.3 Å². The van der Waals surface area contributed by atoms with Crippen LogP contribution in [-0.2, 0) is 6.42 Å². The highest BCUT2D eigenvalue weighted by molar-refractivity contribution is 6.06. The van der Waals surface area contributed by atoms with Gasteiger partial charge in [0.05, 0.1) is 5.56 Å². The Balaban J connectivity index is 1.59. The van der Waals surface area contributed by atoms with Crippen molar-refractivity contribution in [1.82, 2.24) is 24.5 Å². The molecule has 4 aromatic rings. The van der Waals surface area contributed by atoms with Gasteiger partial charge in [0.2, 0.25) is 0 Å². The summed E-state index contributed by atoms with van der Waals surface area (Å²) in [6.07, 6.45) is 4.11. The molecule has 0 radical (unpaired) electrons. The molecule has 0 aliphatic heterocycles. The van der Waals surface area contributed by atoms with Gasteiger partial charge in [-0.15, -0.1) is 10.2 Å². The Morgan fingerprint density at radius 3 is 2.61 bits per heavy atom. The molecule has 1 N–H and O–H groups in total. The predicted octanol–water partition coefficient (Wildman–Crippen LogP) is 2.60. The zero-order valence-electron chi connectivity index (χ0n) is 15.8. The van der Waals surface area contributed by atoms with E-state index >= 15 is 0 Å². The lowest BCUT2D eigenvalue weighted by atomic mass is 10.1. The lowest BCUT2D eigenvalue weighted by molar-refractivity contribution is 0.0954. The van der Waals surface area contributed by atoms with Crippen LogP contribution in [0, 0.1) is 0 Å². The van der Waals surface area contributed by atoms with Gasteiger partial charge in [0.25, 0.3) is 11.5 Å². The van der Waals surface area contributed by atoms with Crippen molar-refractivity contribution in [3.8, 4) is 0 Å². The summed E-state index contributed by atoms with van der Waals surface area (Å²) in [7, 11) is 0.